The fourth-order valence-electron chi connectivity index (χ4n) is 2.99. The van der Waals surface area contributed by atoms with E-state index in [0.717, 1.165) is 35.5 Å². The second kappa shape index (κ2) is 6.24. The Morgan fingerprint density at radius 3 is 2.48 bits per heavy atom. The SMILES string of the molecule is Cc1cc(C)cc(NC(=O)c2cccc(N3CCCC3=O)c2)c1. The van der Waals surface area contributed by atoms with E-state index < -0.39 is 0 Å². The number of nitrogens with zero attached hydrogens (tertiary/aromatic N) is 1. The normalized spacial score (nSPS) is 14.2. The van der Waals surface area contributed by atoms with Gasteiger partial charge in [0.2, 0.25) is 5.91 Å². The van der Waals surface area contributed by atoms with Gasteiger partial charge in [-0.25, -0.2) is 0 Å². The van der Waals surface area contributed by atoms with Crippen LogP contribution in [0.4, 0.5) is 11.4 Å². The van der Waals surface area contributed by atoms with E-state index in [9.17, 15) is 9.59 Å². The summed E-state index contributed by atoms with van der Waals surface area (Å²) in [5, 5.41) is 2.93. The summed E-state index contributed by atoms with van der Waals surface area (Å²) in [5.74, 6) is -0.0413. The molecular weight excluding hydrogens is 288 g/mol. The molecule has 1 aliphatic rings. The van der Waals surface area contributed by atoms with Crippen LogP contribution >= 0.6 is 0 Å². The van der Waals surface area contributed by atoms with Gasteiger partial charge in [0.1, 0.15) is 0 Å². The quantitative estimate of drug-likeness (QED) is 0.940. The molecular formula is C19H20N2O2. The number of aryl methyl sites for hydroxylation is 2. The number of carbonyl (C=O) groups is 2. The lowest BCUT2D eigenvalue weighted by molar-refractivity contribution is -0.117. The molecule has 4 nitrogen and oxygen atoms in total. The molecule has 118 valence electrons. The molecule has 0 spiro atoms. The van der Waals surface area contributed by atoms with E-state index in [0.29, 0.717) is 12.0 Å². The molecule has 0 aromatic heterocycles. The Hall–Kier alpha value is -2.62. The van der Waals surface area contributed by atoms with E-state index in [1.165, 1.54) is 0 Å². The monoisotopic (exact) mass is 308 g/mol. The van der Waals surface area contributed by atoms with Gasteiger partial charge in [-0.05, 0) is 61.7 Å². The minimum atomic E-state index is -0.163. The molecule has 23 heavy (non-hydrogen) atoms. The van der Waals surface area contributed by atoms with Crippen molar-refractivity contribution < 1.29 is 9.59 Å². The van der Waals surface area contributed by atoms with E-state index in [1.807, 2.05) is 38.1 Å². The van der Waals surface area contributed by atoms with Gasteiger partial charge in [0.05, 0.1) is 0 Å². The largest absolute Gasteiger partial charge is 0.322 e. The Morgan fingerprint density at radius 1 is 1.09 bits per heavy atom. The number of hydrogen-bond acceptors (Lipinski definition) is 2. The van der Waals surface area contributed by atoms with E-state index >= 15 is 0 Å². The summed E-state index contributed by atoms with van der Waals surface area (Å²) in [5.41, 5.74) is 4.35. The first-order valence-corrected chi connectivity index (χ1v) is 7.83. The van der Waals surface area contributed by atoms with Crippen LogP contribution in [0.1, 0.15) is 34.3 Å². The van der Waals surface area contributed by atoms with Gasteiger partial charge >= 0.3 is 0 Å². The third-order valence-electron chi connectivity index (χ3n) is 3.97. The number of anilines is 2. The van der Waals surface area contributed by atoms with Crippen LogP contribution in [0.5, 0.6) is 0 Å². The van der Waals surface area contributed by atoms with Crippen molar-refractivity contribution in [2.24, 2.45) is 0 Å². The lowest BCUT2D eigenvalue weighted by Gasteiger charge is -2.16. The zero-order valence-electron chi connectivity index (χ0n) is 13.4. The highest BCUT2D eigenvalue weighted by molar-refractivity contribution is 6.05. The molecule has 1 fully saturated rings. The maximum absolute atomic E-state index is 12.5. The molecule has 2 aromatic carbocycles. The molecule has 1 heterocycles. The number of hydrogen-bond donors (Lipinski definition) is 1. The maximum atomic E-state index is 12.5. The van der Waals surface area contributed by atoms with Gasteiger partial charge in [-0.2, -0.15) is 0 Å². The van der Waals surface area contributed by atoms with Gasteiger partial charge in [0.25, 0.3) is 5.91 Å². The number of benzene rings is 2. The molecule has 1 N–H and O–H groups in total. The summed E-state index contributed by atoms with van der Waals surface area (Å²) in [6, 6.07) is 13.2. The summed E-state index contributed by atoms with van der Waals surface area (Å²) in [6.07, 6.45) is 1.46. The van der Waals surface area contributed by atoms with Crippen LogP contribution in [0.15, 0.2) is 42.5 Å². The number of carbonyl (C=O) groups excluding carboxylic acids is 2. The van der Waals surface area contributed by atoms with Crippen LogP contribution in [0.2, 0.25) is 0 Å². The van der Waals surface area contributed by atoms with Crippen LogP contribution < -0.4 is 10.2 Å². The summed E-state index contributed by atoms with van der Waals surface area (Å²) < 4.78 is 0. The predicted octanol–water partition coefficient (Wildman–Crippen LogP) is 3.68. The third kappa shape index (κ3) is 3.42. The fourth-order valence-corrected chi connectivity index (χ4v) is 2.99. The third-order valence-corrected chi connectivity index (χ3v) is 3.97. The van der Waals surface area contributed by atoms with Gasteiger partial charge in [-0.1, -0.05) is 12.1 Å². The summed E-state index contributed by atoms with van der Waals surface area (Å²) >= 11 is 0. The second-order valence-corrected chi connectivity index (χ2v) is 6.03. The summed E-state index contributed by atoms with van der Waals surface area (Å²) in [4.78, 5) is 26.1. The predicted molar refractivity (Wildman–Crippen MR) is 91.9 cm³/mol. The molecule has 0 saturated carbocycles. The van der Waals surface area contributed by atoms with Crippen molar-refractivity contribution in [3.8, 4) is 0 Å². The molecule has 0 atom stereocenters. The van der Waals surface area contributed by atoms with Crippen molar-refractivity contribution in [3.05, 3.63) is 59.2 Å². The first-order chi connectivity index (χ1) is 11.0. The smallest absolute Gasteiger partial charge is 0.255 e. The highest BCUT2D eigenvalue weighted by atomic mass is 16.2. The van der Waals surface area contributed by atoms with Crippen LogP contribution in [0.25, 0.3) is 0 Å². The second-order valence-electron chi connectivity index (χ2n) is 6.03. The van der Waals surface area contributed by atoms with Crippen LogP contribution in [0, 0.1) is 13.8 Å². The van der Waals surface area contributed by atoms with Crippen LogP contribution in [-0.2, 0) is 4.79 Å². The minimum Gasteiger partial charge on any atom is -0.322 e. The lowest BCUT2D eigenvalue weighted by atomic mass is 10.1. The molecule has 0 aliphatic carbocycles. The Kier molecular flexibility index (Phi) is 4.15. The number of rotatable bonds is 3. The molecule has 4 heteroatoms. The summed E-state index contributed by atoms with van der Waals surface area (Å²) in [7, 11) is 0. The zero-order chi connectivity index (χ0) is 16.4. The van der Waals surface area contributed by atoms with E-state index in [2.05, 4.69) is 11.4 Å². The molecule has 1 aliphatic heterocycles. The van der Waals surface area contributed by atoms with Crippen molar-refractivity contribution >= 4 is 23.2 Å². The standard InChI is InChI=1S/C19H20N2O2/c1-13-9-14(2)11-16(10-13)20-19(23)15-5-3-6-17(12-15)21-8-4-7-18(21)22/h3,5-6,9-12H,4,7-8H2,1-2H3,(H,20,23). The van der Waals surface area contributed by atoms with Crippen molar-refractivity contribution in [2.75, 3.05) is 16.8 Å². The number of amides is 2. The highest BCUT2D eigenvalue weighted by Crippen LogP contribution is 2.23. The van der Waals surface area contributed by atoms with Crippen LogP contribution in [0.3, 0.4) is 0 Å². The molecule has 1 saturated heterocycles. The van der Waals surface area contributed by atoms with Crippen LogP contribution in [-0.4, -0.2) is 18.4 Å². The molecule has 2 amide bonds. The molecule has 0 bridgehead atoms. The van der Waals surface area contributed by atoms with Gasteiger partial charge in [-0.3, -0.25) is 9.59 Å². The maximum Gasteiger partial charge on any atom is 0.255 e. The first-order valence-electron chi connectivity index (χ1n) is 7.83. The van der Waals surface area contributed by atoms with E-state index in [4.69, 9.17) is 0 Å². The Morgan fingerprint density at radius 2 is 1.83 bits per heavy atom. The Labute approximate surface area is 136 Å². The lowest BCUT2D eigenvalue weighted by Crippen LogP contribution is -2.24. The van der Waals surface area contributed by atoms with E-state index in [1.54, 1.807) is 17.0 Å². The first kappa shape index (κ1) is 15.3. The molecule has 0 radical (unpaired) electrons. The van der Waals surface area contributed by atoms with Gasteiger partial charge in [0.15, 0.2) is 0 Å². The Balaban J connectivity index is 1.81. The van der Waals surface area contributed by atoms with Gasteiger partial charge in [0, 0.05) is 29.9 Å². The average Bonchev–Trinajstić information content (AvgIpc) is 2.92. The zero-order valence-corrected chi connectivity index (χ0v) is 13.4. The molecule has 0 unspecified atom stereocenters. The van der Waals surface area contributed by atoms with Crippen molar-refractivity contribution in [1.29, 1.82) is 0 Å². The van der Waals surface area contributed by atoms with Crippen molar-refractivity contribution in [2.45, 2.75) is 26.7 Å². The number of nitrogens with one attached hydrogen (secondary N) is 1. The van der Waals surface area contributed by atoms with Gasteiger partial charge < -0.3 is 10.2 Å². The van der Waals surface area contributed by atoms with Crippen molar-refractivity contribution in [3.63, 3.8) is 0 Å². The molecule has 2 aromatic rings. The van der Waals surface area contributed by atoms with Crippen molar-refractivity contribution in [1.82, 2.24) is 0 Å². The Bertz CT molecular complexity index is 747. The van der Waals surface area contributed by atoms with Gasteiger partial charge in [-0.15, -0.1) is 0 Å². The minimum absolute atomic E-state index is 0.122. The summed E-state index contributed by atoms with van der Waals surface area (Å²) in [6.45, 7) is 4.73. The molecule has 3 rings (SSSR count). The highest BCUT2D eigenvalue weighted by Gasteiger charge is 2.22. The topological polar surface area (TPSA) is 49.4 Å². The van der Waals surface area contributed by atoms with E-state index in [-0.39, 0.29) is 11.8 Å². The average molecular weight is 308 g/mol. The fraction of sp³-hybridized carbons (Fsp3) is 0.263.